The first kappa shape index (κ1) is 16.8. The summed E-state index contributed by atoms with van der Waals surface area (Å²) in [6.07, 6.45) is 0. The van der Waals surface area contributed by atoms with Gasteiger partial charge in [0, 0.05) is 5.69 Å². The zero-order valence-corrected chi connectivity index (χ0v) is 14.1. The first-order chi connectivity index (χ1) is 11.9. The summed E-state index contributed by atoms with van der Waals surface area (Å²) < 4.78 is 12.9. The maximum atomic E-state index is 12.9. The Labute approximate surface area is 149 Å². The molecule has 25 heavy (non-hydrogen) atoms. The normalized spacial score (nSPS) is 19.5. The molecule has 0 radical (unpaired) electrons. The van der Waals surface area contributed by atoms with Gasteiger partial charge in [-0.2, -0.15) is 5.01 Å². The third-order valence-electron chi connectivity index (χ3n) is 3.86. The number of thiocarbonyl (C=S) groups is 1. The van der Waals surface area contributed by atoms with E-state index in [1.54, 1.807) is 31.2 Å². The topological polar surface area (TPSA) is 73.5 Å². The Balaban J connectivity index is 1.72. The number of nitrogens with one attached hydrogen (secondary N) is 3. The van der Waals surface area contributed by atoms with Gasteiger partial charge in [-0.15, -0.1) is 0 Å². The SMILES string of the molecule is C[C@]1(c2ccccc2)NC(=O)N(NC(=S)Nc2ccc(F)cc2)C1=O. The van der Waals surface area contributed by atoms with Gasteiger partial charge >= 0.3 is 6.03 Å². The molecule has 0 spiro atoms. The number of benzene rings is 2. The Bertz CT molecular complexity index is 828. The zero-order valence-electron chi connectivity index (χ0n) is 13.2. The first-order valence-electron chi connectivity index (χ1n) is 7.45. The maximum Gasteiger partial charge on any atom is 0.344 e. The van der Waals surface area contributed by atoms with Gasteiger partial charge in [-0.3, -0.25) is 10.2 Å². The van der Waals surface area contributed by atoms with E-state index >= 15 is 0 Å². The molecule has 3 rings (SSSR count). The summed E-state index contributed by atoms with van der Waals surface area (Å²) in [7, 11) is 0. The quantitative estimate of drug-likeness (QED) is 0.581. The van der Waals surface area contributed by atoms with Crippen LogP contribution in [0.15, 0.2) is 54.6 Å². The number of halogens is 1. The second kappa shape index (κ2) is 6.48. The van der Waals surface area contributed by atoms with Crippen molar-refractivity contribution in [3.05, 3.63) is 66.0 Å². The summed E-state index contributed by atoms with van der Waals surface area (Å²) in [5, 5.41) is 6.30. The molecule has 128 valence electrons. The number of hydrazine groups is 1. The van der Waals surface area contributed by atoms with E-state index in [0.717, 1.165) is 5.01 Å². The molecule has 1 aliphatic heterocycles. The van der Waals surface area contributed by atoms with E-state index in [0.29, 0.717) is 11.3 Å². The number of hydrogen-bond acceptors (Lipinski definition) is 3. The number of rotatable bonds is 3. The fourth-order valence-corrected chi connectivity index (χ4v) is 2.71. The lowest BCUT2D eigenvalue weighted by molar-refractivity contribution is -0.132. The van der Waals surface area contributed by atoms with Crippen molar-refractivity contribution in [1.29, 1.82) is 0 Å². The molecule has 0 bridgehead atoms. The van der Waals surface area contributed by atoms with E-state index in [2.05, 4.69) is 16.1 Å². The molecule has 0 unspecified atom stereocenters. The van der Waals surface area contributed by atoms with E-state index in [1.165, 1.54) is 24.3 Å². The average Bonchev–Trinajstić information content (AvgIpc) is 2.82. The minimum absolute atomic E-state index is 0.0346. The van der Waals surface area contributed by atoms with E-state index in [1.807, 2.05) is 6.07 Å². The molecule has 2 aromatic carbocycles. The molecule has 3 amide bonds. The lowest BCUT2D eigenvalue weighted by Gasteiger charge is -2.22. The largest absolute Gasteiger partial charge is 0.344 e. The maximum absolute atomic E-state index is 12.9. The summed E-state index contributed by atoms with van der Waals surface area (Å²) in [6, 6.07) is 13.8. The van der Waals surface area contributed by atoms with E-state index in [-0.39, 0.29) is 10.9 Å². The summed E-state index contributed by atoms with van der Waals surface area (Å²) in [5.41, 5.74) is 2.57. The Morgan fingerprint density at radius 2 is 1.76 bits per heavy atom. The van der Waals surface area contributed by atoms with Crippen LogP contribution < -0.4 is 16.1 Å². The van der Waals surface area contributed by atoms with Crippen LogP contribution in [0.1, 0.15) is 12.5 Å². The predicted octanol–water partition coefficient (Wildman–Crippen LogP) is 2.49. The Hall–Kier alpha value is -3.00. The molecular formula is C17H15FN4O2S. The molecule has 8 heteroatoms. The van der Waals surface area contributed by atoms with Gasteiger partial charge in [0.25, 0.3) is 5.91 Å². The number of hydrogen-bond donors (Lipinski definition) is 3. The molecule has 1 aliphatic rings. The molecule has 6 nitrogen and oxygen atoms in total. The van der Waals surface area contributed by atoms with Gasteiger partial charge in [0.05, 0.1) is 0 Å². The smallest absolute Gasteiger partial charge is 0.331 e. The zero-order chi connectivity index (χ0) is 18.0. The number of anilines is 1. The number of imide groups is 1. The van der Waals surface area contributed by atoms with Crippen LogP contribution >= 0.6 is 12.2 Å². The average molecular weight is 358 g/mol. The van der Waals surface area contributed by atoms with Gasteiger partial charge in [0.1, 0.15) is 11.4 Å². The van der Waals surface area contributed by atoms with Gasteiger partial charge in [0.15, 0.2) is 5.11 Å². The highest BCUT2D eigenvalue weighted by Crippen LogP contribution is 2.27. The number of carbonyl (C=O) groups excluding carboxylic acids is 2. The van der Waals surface area contributed by atoms with Crippen LogP contribution in [-0.4, -0.2) is 22.1 Å². The first-order valence-corrected chi connectivity index (χ1v) is 7.86. The molecule has 3 N–H and O–H groups in total. The minimum atomic E-state index is -1.18. The van der Waals surface area contributed by atoms with Crippen LogP contribution in [-0.2, 0) is 10.3 Å². The molecule has 0 aliphatic carbocycles. The molecule has 0 saturated carbocycles. The number of carbonyl (C=O) groups is 2. The van der Waals surface area contributed by atoms with Crippen molar-refractivity contribution >= 4 is 35.0 Å². The predicted molar refractivity (Wildman–Crippen MR) is 94.9 cm³/mol. The highest BCUT2D eigenvalue weighted by atomic mass is 32.1. The third-order valence-corrected chi connectivity index (χ3v) is 4.05. The highest BCUT2D eigenvalue weighted by Gasteiger charge is 2.49. The summed E-state index contributed by atoms with van der Waals surface area (Å²) >= 11 is 5.11. The lowest BCUT2D eigenvalue weighted by atomic mass is 9.92. The fourth-order valence-electron chi connectivity index (χ4n) is 2.50. The van der Waals surface area contributed by atoms with Crippen LogP contribution in [0.3, 0.4) is 0 Å². The van der Waals surface area contributed by atoms with Crippen LogP contribution in [0, 0.1) is 5.82 Å². The van der Waals surface area contributed by atoms with Crippen molar-refractivity contribution < 1.29 is 14.0 Å². The van der Waals surface area contributed by atoms with Crippen LogP contribution in [0.5, 0.6) is 0 Å². The monoisotopic (exact) mass is 358 g/mol. The second-order valence-corrected chi connectivity index (χ2v) is 6.04. The van der Waals surface area contributed by atoms with Crippen molar-refractivity contribution in [2.75, 3.05) is 5.32 Å². The van der Waals surface area contributed by atoms with Crippen molar-refractivity contribution in [1.82, 2.24) is 15.8 Å². The van der Waals surface area contributed by atoms with E-state index < -0.39 is 17.5 Å². The molecule has 1 atom stereocenters. The molecule has 1 fully saturated rings. The van der Waals surface area contributed by atoms with Crippen molar-refractivity contribution in [2.24, 2.45) is 0 Å². The third kappa shape index (κ3) is 3.29. The summed E-state index contributed by atoms with van der Waals surface area (Å²) in [4.78, 5) is 24.9. The number of urea groups is 1. The second-order valence-electron chi connectivity index (χ2n) is 5.63. The molecular weight excluding hydrogens is 343 g/mol. The Morgan fingerprint density at radius 1 is 1.12 bits per heavy atom. The number of amides is 3. The van der Waals surface area contributed by atoms with Crippen LogP contribution in [0.2, 0.25) is 0 Å². The van der Waals surface area contributed by atoms with Crippen molar-refractivity contribution in [3.8, 4) is 0 Å². The van der Waals surface area contributed by atoms with Gasteiger partial charge < -0.3 is 10.6 Å². The van der Waals surface area contributed by atoms with Crippen LogP contribution in [0.25, 0.3) is 0 Å². The highest BCUT2D eigenvalue weighted by molar-refractivity contribution is 7.80. The van der Waals surface area contributed by atoms with Gasteiger partial charge in [0.2, 0.25) is 0 Å². The standard InChI is InChI=1S/C17H15FN4O2S/c1-17(11-5-3-2-4-6-11)14(23)22(16(24)20-17)21-15(25)19-13-9-7-12(18)8-10-13/h2-10H,1H3,(H,20,24)(H2,19,21,25)/t17-/m1/s1. The molecule has 1 heterocycles. The van der Waals surface area contributed by atoms with Crippen LogP contribution in [0.4, 0.5) is 14.9 Å². The van der Waals surface area contributed by atoms with Gasteiger partial charge in [-0.1, -0.05) is 30.3 Å². The van der Waals surface area contributed by atoms with Gasteiger partial charge in [-0.05, 0) is 49.0 Å². The molecule has 1 saturated heterocycles. The summed E-state index contributed by atoms with van der Waals surface area (Å²) in [5.74, 6) is -0.857. The minimum Gasteiger partial charge on any atom is -0.331 e. The van der Waals surface area contributed by atoms with E-state index in [9.17, 15) is 14.0 Å². The fraction of sp³-hybridized carbons (Fsp3) is 0.118. The van der Waals surface area contributed by atoms with E-state index in [4.69, 9.17) is 12.2 Å². The lowest BCUT2D eigenvalue weighted by Crippen LogP contribution is -2.49. The van der Waals surface area contributed by atoms with Crippen molar-refractivity contribution in [3.63, 3.8) is 0 Å². The van der Waals surface area contributed by atoms with Crippen molar-refractivity contribution in [2.45, 2.75) is 12.5 Å². The Morgan fingerprint density at radius 3 is 2.40 bits per heavy atom. The Kier molecular flexibility index (Phi) is 4.37. The molecule has 2 aromatic rings. The number of nitrogens with zero attached hydrogens (tertiary/aromatic N) is 1. The summed E-state index contributed by atoms with van der Waals surface area (Å²) in [6.45, 7) is 1.63. The van der Waals surface area contributed by atoms with Gasteiger partial charge in [-0.25, -0.2) is 9.18 Å². The molecule has 0 aromatic heterocycles.